The van der Waals surface area contributed by atoms with E-state index >= 15 is 0 Å². The minimum Gasteiger partial charge on any atom is -0.447 e. The molecule has 7 saturated carbocycles. The maximum absolute atomic E-state index is 14.0. The number of methoxy groups -OCH3 is 1. The molecule has 0 aromatic heterocycles. The number of hydrogen-bond donors (Lipinski definition) is 5. The van der Waals surface area contributed by atoms with E-state index in [2.05, 4.69) is 18.3 Å². The van der Waals surface area contributed by atoms with Gasteiger partial charge < -0.3 is 40.0 Å². The Balaban J connectivity index is 1.15. The molecule has 294 valence electrons. The second kappa shape index (κ2) is 13.0. The maximum atomic E-state index is 14.0. The first-order valence-corrected chi connectivity index (χ1v) is 21.6. The molecular weight excluding hydrogens is 670 g/mol. The van der Waals surface area contributed by atoms with E-state index in [-0.39, 0.29) is 24.2 Å². The van der Waals surface area contributed by atoms with Crippen LogP contribution in [0.1, 0.15) is 122 Å². The Hall–Kier alpha value is -1.62. The first kappa shape index (κ1) is 37.0. The number of aliphatic hydroxyl groups excluding tert-OH is 1. The monoisotopic (exact) mass is 735 g/mol. The van der Waals surface area contributed by atoms with Gasteiger partial charge in [0.05, 0.1) is 22.7 Å². The van der Waals surface area contributed by atoms with Crippen LogP contribution >= 0.6 is 0 Å². The Bertz CT molecular complexity index is 1540. The van der Waals surface area contributed by atoms with Gasteiger partial charge in [0, 0.05) is 43.6 Å². The molecule has 9 nitrogen and oxygen atoms in total. The molecule has 5 N–H and O–H groups in total. The molecule has 14 atom stereocenters. The highest BCUT2D eigenvalue weighted by molar-refractivity contribution is 5.88. The van der Waals surface area contributed by atoms with Crippen LogP contribution in [0.5, 0.6) is 0 Å². The molecular formula is C44H65NO8. The van der Waals surface area contributed by atoms with Crippen LogP contribution in [0.2, 0.25) is 0 Å². The Morgan fingerprint density at radius 3 is 2.55 bits per heavy atom. The summed E-state index contributed by atoms with van der Waals surface area (Å²) in [5.41, 5.74) is -5.34. The second-order valence-electron chi connectivity index (χ2n) is 19.7. The number of nitrogens with one attached hydrogen (secondary N) is 1. The van der Waals surface area contributed by atoms with E-state index in [4.69, 9.17) is 9.47 Å². The summed E-state index contributed by atoms with van der Waals surface area (Å²) in [7, 11) is 1.70. The minimum absolute atomic E-state index is 0.0938. The molecule has 0 radical (unpaired) electrons. The van der Waals surface area contributed by atoms with Crippen molar-refractivity contribution in [3.63, 3.8) is 0 Å². The topological polar surface area (TPSA) is 146 Å². The number of carbonyl (C=O) groups excluding carboxylic acids is 2. The molecule has 0 saturated heterocycles. The summed E-state index contributed by atoms with van der Waals surface area (Å²) in [6.45, 7) is 4.38. The Kier molecular flexibility index (Phi) is 9.04. The summed E-state index contributed by atoms with van der Waals surface area (Å²) in [5.74, 6) is -0.608. The van der Waals surface area contributed by atoms with E-state index in [0.29, 0.717) is 82.3 Å². The lowest BCUT2D eigenvalue weighted by Gasteiger charge is -2.72. The lowest BCUT2D eigenvalue weighted by Crippen LogP contribution is -2.80. The molecule has 7 fully saturated rings. The zero-order chi connectivity index (χ0) is 37.0. The van der Waals surface area contributed by atoms with E-state index < -0.39 is 57.1 Å². The van der Waals surface area contributed by atoms with Gasteiger partial charge in [0.1, 0.15) is 11.9 Å². The summed E-state index contributed by atoms with van der Waals surface area (Å²) in [6, 6.07) is 0. The number of allylic oxidation sites excluding steroid dienone is 1. The van der Waals surface area contributed by atoms with E-state index in [1.165, 1.54) is 25.7 Å². The smallest absolute Gasteiger partial charge is 0.332 e. The largest absolute Gasteiger partial charge is 0.447 e. The van der Waals surface area contributed by atoms with Crippen molar-refractivity contribution in [2.24, 2.45) is 58.2 Å². The van der Waals surface area contributed by atoms with Gasteiger partial charge in [-0.3, -0.25) is 0 Å². The minimum atomic E-state index is -1.61. The highest BCUT2D eigenvalue weighted by Gasteiger charge is 2.83. The van der Waals surface area contributed by atoms with Gasteiger partial charge >= 0.3 is 5.97 Å². The number of aliphatic hydroxyl groups is 4. The molecule has 0 unspecified atom stereocenters. The van der Waals surface area contributed by atoms with Gasteiger partial charge in [-0.1, -0.05) is 45.1 Å². The quantitative estimate of drug-likeness (QED) is 0.0937. The summed E-state index contributed by atoms with van der Waals surface area (Å²) >= 11 is 0. The highest BCUT2D eigenvalue weighted by Crippen LogP contribution is 2.78. The summed E-state index contributed by atoms with van der Waals surface area (Å²) < 4.78 is 11.6. The molecule has 2 bridgehead atoms. The summed E-state index contributed by atoms with van der Waals surface area (Å²) in [6.07, 6.45) is 18.1. The molecule has 9 heteroatoms. The molecule has 0 aromatic rings. The molecule has 8 aliphatic carbocycles. The van der Waals surface area contributed by atoms with Crippen molar-refractivity contribution in [3.8, 4) is 0 Å². The summed E-state index contributed by atoms with van der Waals surface area (Å²) in [5, 5.41) is 56.3. The van der Waals surface area contributed by atoms with Crippen molar-refractivity contribution in [2.75, 3.05) is 26.8 Å². The van der Waals surface area contributed by atoms with Gasteiger partial charge in [-0.25, -0.2) is 4.79 Å². The van der Waals surface area contributed by atoms with Gasteiger partial charge in [0.2, 0.25) is 0 Å². The fourth-order valence-corrected chi connectivity index (χ4v) is 16.0. The van der Waals surface area contributed by atoms with Crippen LogP contribution in [0.3, 0.4) is 0 Å². The molecule has 1 heterocycles. The molecule has 1 spiro atoms. The number of carbonyl (C=O) groups is 2. The molecule has 9 aliphatic rings. The van der Waals surface area contributed by atoms with Gasteiger partial charge in [-0.05, 0) is 137 Å². The van der Waals surface area contributed by atoms with Crippen LogP contribution in [0.15, 0.2) is 23.3 Å². The number of rotatable bonds is 9. The molecule has 53 heavy (non-hydrogen) atoms. The van der Waals surface area contributed by atoms with E-state index in [1.54, 1.807) is 13.2 Å². The second-order valence-corrected chi connectivity index (χ2v) is 19.7. The first-order chi connectivity index (χ1) is 25.4. The van der Waals surface area contributed by atoms with Crippen LogP contribution in [-0.4, -0.2) is 88.0 Å². The zero-order valence-corrected chi connectivity index (χ0v) is 32.2. The Morgan fingerprint density at radius 2 is 1.77 bits per heavy atom. The standard InChI is InChI=1S/C44H65NO8/c1-27(28-8-3-4-9-28)29-10-11-33-35(47)12-16-40(26-46)36-13-17-39-14-5-6-15-41-32(25-45-18-7-19-52-2)21-30(38(39)34(41)22-37(48)53-41)23-43(39,50)42(36,49)24-31(20-29)44(33,40)51/h21-22,26-31,33,35-36,38,45,47,49-51H,3-20,23-25H2,1-2H3/t27-,29+,30-,31+,33-,35-,36+,38+,39+,40-,41+,42-,43+,44-/m0/s1. The van der Waals surface area contributed by atoms with Crippen molar-refractivity contribution in [1.29, 1.82) is 0 Å². The van der Waals surface area contributed by atoms with Crippen LogP contribution in [-0.2, 0) is 19.1 Å². The van der Waals surface area contributed by atoms with Crippen molar-refractivity contribution in [1.82, 2.24) is 5.32 Å². The normalized spacial score (nSPS) is 50.6. The number of hydrogen-bond acceptors (Lipinski definition) is 9. The van der Waals surface area contributed by atoms with E-state index in [9.17, 15) is 30.0 Å². The Morgan fingerprint density at radius 1 is 0.981 bits per heavy atom. The van der Waals surface area contributed by atoms with Crippen LogP contribution in [0.25, 0.3) is 0 Å². The lowest BCUT2D eigenvalue weighted by atomic mass is 9.35. The zero-order valence-electron chi connectivity index (χ0n) is 32.2. The fraction of sp³-hybridized carbons (Fsp3) is 0.864. The number of fused-ring (bicyclic) bond motifs is 3. The molecule has 0 aromatic carbocycles. The average molecular weight is 736 g/mol. The van der Waals surface area contributed by atoms with Crippen LogP contribution < -0.4 is 5.32 Å². The van der Waals surface area contributed by atoms with Crippen molar-refractivity contribution in [2.45, 2.75) is 151 Å². The summed E-state index contributed by atoms with van der Waals surface area (Å²) in [4.78, 5) is 27.3. The molecule has 1 aliphatic heterocycles. The van der Waals surface area contributed by atoms with Gasteiger partial charge in [0.25, 0.3) is 0 Å². The van der Waals surface area contributed by atoms with E-state index in [1.807, 2.05) is 0 Å². The third kappa shape index (κ3) is 4.76. The maximum Gasteiger partial charge on any atom is 0.332 e. The van der Waals surface area contributed by atoms with Crippen molar-refractivity contribution in [3.05, 3.63) is 23.3 Å². The average Bonchev–Trinajstić information content (AvgIpc) is 3.81. The molecule has 0 amide bonds. The van der Waals surface area contributed by atoms with Crippen molar-refractivity contribution >= 4 is 12.3 Å². The molecule has 9 rings (SSSR count). The Labute approximate surface area is 315 Å². The van der Waals surface area contributed by atoms with Crippen LogP contribution in [0, 0.1) is 58.2 Å². The first-order valence-electron chi connectivity index (χ1n) is 21.6. The van der Waals surface area contributed by atoms with Crippen molar-refractivity contribution < 1.29 is 39.5 Å². The third-order valence-corrected chi connectivity index (χ3v) is 18.2. The number of esters is 1. The predicted molar refractivity (Wildman–Crippen MR) is 198 cm³/mol. The lowest BCUT2D eigenvalue weighted by molar-refractivity contribution is -0.344. The van der Waals surface area contributed by atoms with Crippen LogP contribution in [0.4, 0.5) is 0 Å². The number of ether oxygens (including phenoxy) is 2. The predicted octanol–water partition coefficient (Wildman–Crippen LogP) is 5.18. The van der Waals surface area contributed by atoms with Gasteiger partial charge in [-0.2, -0.15) is 0 Å². The fourth-order valence-electron chi connectivity index (χ4n) is 16.0. The third-order valence-electron chi connectivity index (χ3n) is 18.2. The highest BCUT2D eigenvalue weighted by atomic mass is 16.6. The SMILES string of the molecule is COCCCNCC1=C[C@H]2C[C@@]3(O)[C@]4(CCCC[C@@]15OC(=O)C=C5[C@@H]24)CC[C@H]1[C@@]3(O)C[C@H]2C[C@H]([C@@H](C)C3CCCC3)CC[C@H]3[C@@H](O)CC[C@@]1(C=O)[C@]23O. The van der Waals surface area contributed by atoms with E-state index in [0.717, 1.165) is 56.1 Å². The van der Waals surface area contributed by atoms with Gasteiger partial charge in [0.15, 0.2) is 5.60 Å². The van der Waals surface area contributed by atoms with Gasteiger partial charge in [-0.15, -0.1) is 0 Å². The number of aldehydes is 1.